The molecule has 0 bridgehead atoms. The fraction of sp³-hybridized carbons (Fsp3) is 0.500. The van der Waals surface area contributed by atoms with Crippen molar-refractivity contribution in [2.75, 3.05) is 19.6 Å². The standard InChI is InChI=1S/C14H21N3O.2ClH/c15-9-14(18)16-10-12-3-5-13(6-4-12)11-17-7-1-2-8-17;;/h3-6H,1-2,7-11,15H2,(H,16,18);2*1H. The van der Waals surface area contributed by atoms with Crippen LogP contribution in [0.4, 0.5) is 0 Å². The van der Waals surface area contributed by atoms with Gasteiger partial charge < -0.3 is 11.1 Å². The van der Waals surface area contributed by atoms with E-state index in [1.54, 1.807) is 0 Å². The summed E-state index contributed by atoms with van der Waals surface area (Å²) in [6, 6.07) is 8.43. The number of carbonyl (C=O) groups excluding carboxylic acids is 1. The lowest BCUT2D eigenvalue weighted by atomic mass is 10.1. The molecule has 1 aromatic carbocycles. The van der Waals surface area contributed by atoms with Crippen molar-refractivity contribution in [2.24, 2.45) is 5.73 Å². The van der Waals surface area contributed by atoms with E-state index in [-0.39, 0.29) is 37.3 Å². The van der Waals surface area contributed by atoms with Crippen molar-refractivity contribution in [1.82, 2.24) is 10.2 Å². The van der Waals surface area contributed by atoms with Gasteiger partial charge in [0, 0.05) is 13.1 Å². The van der Waals surface area contributed by atoms with Crippen LogP contribution in [0.15, 0.2) is 24.3 Å². The Morgan fingerprint density at radius 2 is 1.65 bits per heavy atom. The van der Waals surface area contributed by atoms with Crippen LogP contribution in [-0.2, 0) is 17.9 Å². The number of halogens is 2. The molecule has 0 saturated carbocycles. The maximum Gasteiger partial charge on any atom is 0.234 e. The molecule has 2 rings (SSSR count). The molecule has 0 spiro atoms. The second kappa shape index (κ2) is 10.00. The van der Waals surface area contributed by atoms with E-state index in [1.807, 2.05) is 0 Å². The molecule has 6 heteroatoms. The molecule has 4 nitrogen and oxygen atoms in total. The van der Waals surface area contributed by atoms with Crippen LogP contribution >= 0.6 is 24.8 Å². The second-order valence-corrected chi connectivity index (χ2v) is 4.78. The molecule has 1 saturated heterocycles. The first-order valence-electron chi connectivity index (χ1n) is 6.55. The minimum Gasteiger partial charge on any atom is -0.351 e. The smallest absolute Gasteiger partial charge is 0.234 e. The number of carbonyl (C=O) groups is 1. The van der Waals surface area contributed by atoms with E-state index in [0.717, 1.165) is 12.1 Å². The highest BCUT2D eigenvalue weighted by Gasteiger charge is 2.11. The molecule has 20 heavy (non-hydrogen) atoms. The second-order valence-electron chi connectivity index (χ2n) is 4.78. The summed E-state index contributed by atoms with van der Waals surface area (Å²) in [5.74, 6) is -0.115. The Hall–Kier alpha value is -0.810. The Kier molecular flexibility index (Phi) is 9.59. The molecule has 1 amide bonds. The molecule has 1 aliphatic heterocycles. The summed E-state index contributed by atoms with van der Waals surface area (Å²) in [5.41, 5.74) is 7.69. The molecular formula is C14H23Cl2N3O. The molecule has 1 aliphatic rings. The number of nitrogens with two attached hydrogens (primary N) is 1. The highest BCUT2D eigenvalue weighted by molar-refractivity contribution is 5.85. The zero-order valence-corrected chi connectivity index (χ0v) is 13.1. The molecule has 0 radical (unpaired) electrons. The van der Waals surface area contributed by atoms with Gasteiger partial charge in [0.25, 0.3) is 0 Å². The molecular weight excluding hydrogens is 297 g/mol. The van der Waals surface area contributed by atoms with Gasteiger partial charge >= 0.3 is 0 Å². The van der Waals surface area contributed by atoms with Crippen LogP contribution in [0.2, 0.25) is 0 Å². The van der Waals surface area contributed by atoms with E-state index in [9.17, 15) is 4.79 Å². The Balaban J connectivity index is 0.00000180. The summed E-state index contributed by atoms with van der Waals surface area (Å²) in [4.78, 5) is 13.5. The van der Waals surface area contributed by atoms with Crippen LogP contribution < -0.4 is 11.1 Å². The lowest BCUT2D eigenvalue weighted by Crippen LogP contribution is -2.29. The predicted octanol–water partition coefficient (Wildman–Crippen LogP) is 1.70. The SMILES string of the molecule is Cl.Cl.NCC(=O)NCc1ccc(CN2CCCC2)cc1. The quantitative estimate of drug-likeness (QED) is 0.868. The van der Waals surface area contributed by atoms with Crippen LogP contribution in [-0.4, -0.2) is 30.4 Å². The summed E-state index contributed by atoms with van der Waals surface area (Å²) in [6.45, 7) is 4.07. The van der Waals surface area contributed by atoms with E-state index in [0.29, 0.717) is 6.54 Å². The number of likely N-dealkylation sites (tertiary alicyclic amines) is 1. The van der Waals surface area contributed by atoms with E-state index in [1.165, 1.54) is 31.5 Å². The average molecular weight is 320 g/mol. The van der Waals surface area contributed by atoms with Crippen molar-refractivity contribution in [1.29, 1.82) is 0 Å². The van der Waals surface area contributed by atoms with Gasteiger partial charge in [0.05, 0.1) is 6.54 Å². The first-order valence-corrected chi connectivity index (χ1v) is 6.55. The number of hydrogen-bond acceptors (Lipinski definition) is 3. The number of amides is 1. The third-order valence-electron chi connectivity index (χ3n) is 3.30. The van der Waals surface area contributed by atoms with Gasteiger partial charge in [-0.25, -0.2) is 0 Å². The predicted molar refractivity (Wildman–Crippen MR) is 86.4 cm³/mol. The van der Waals surface area contributed by atoms with Gasteiger partial charge in [-0.2, -0.15) is 0 Å². The van der Waals surface area contributed by atoms with Gasteiger partial charge in [-0.15, -0.1) is 24.8 Å². The zero-order valence-electron chi connectivity index (χ0n) is 11.5. The van der Waals surface area contributed by atoms with E-state index in [2.05, 4.69) is 34.5 Å². The highest BCUT2D eigenvalue weighted by Crippen LogP contribution is 2.13. The Morgan fingerprint density at radius 3 is 2.20 bits per heavy atom. The Labute approximate surface area is 132 Å². The van der Waals surface area contributed by atoms with Crippen molar-refractivity contribution in [3.8, 4) is 0 Å². The van der Waals surface area contributed by atoms with Crippen LogP contribution in [0.5, 0.6) is 0 Å². The van der Waals surface area contributed by atoms with Gasteiger partial charge in [-0.05, 0) is 37.1 Å². The normalized spacial score (nSPS) is 14.2. The van der Waals surface area contributed by atoms with Crippen LogP contribution in [0.1, 0.15) is 24.0 Å². The monoisotopic (exact) mass is 319 g/mol. The number of nitrogens with one attached hydrogen (secondary N) is 1. The van der Waals surface area contributed by atoms with Gasteiger partial charge in [-0.1, -0.05) is 24.3 Å². The van der Waals surface area contributed by atoms with Crippen molar-refractivity contribution < 1.29 is 4.79 Å². The van der Waals surface area contributed by atoms with Gasteiger partial charge in [0.15, 0.2) is 0 Å². The molecule has 1 heterocycles. The number of rotatable bonds is 5. The zero-order chi connectivity index (χ0) is 12.8. The van der Waals surface area contributed by atoms with Gasteiger partial charge in [0.2, 0.25) is 5.91 Å². The summed E-state index contributed by atoms with van der Waals surface area (Å²) < 4.78 is 0. The van der Waals surface area contributed by atoms with Gasteiger partial charge in [-0.3, -0.25) is 9.69 Å². The average Bonchev–Trinajstić information content (AvgIpc) is 2.90. The molecule has 0 aromatic heterocycles. The van der Waals surface area contributed by atoms with Gasteiger partial charge in [0.1, 0.15) is 0 Å². The molecule has 0 atom stereocenters. The minimum absolute atomic E-state index is 0. The lowest BCUT2D eigenvalue weighted by molar-refractivity contribution is -0.119. The molecule has 1 aromatic rings. The molecule has 0 aliphatic carbocycles. The van der Waals surface area contributed by atoms with Crippen molar-refractivity contribution in [3.05, 3.63) is 35.4 Å². The summed E-state index contributed by atoms with van der Waals surface area (Å²) in [7, 11) is 0. The van der Waals surface area contributed by atoms with Crippen molar-refractivity contribution in [2.45, 2.75) is 25.9 Å². The third kappa shape index (κ3) is 6.09. The van der Waals surface area contributed by atoms with E-state index < -0.39 is 0 Å². The number of hydrogen-bond donors (Lipinski definition) is 2. The van der Waals surface area contributed by atoms with Crippen molar-refractivity contribution >= 4 is 30.7 Å². The topological polar surface area (TPSA) is 58.4 Å². The summed E-state index contributed by atoms with van der Waals surface area (Å²) in [6.07, 6.45) is 2.65. The fourth-order valence-electron chi connectivity index (χ4n) is 2.23. The molecule has 1 fully saturated rings. The third-order valence-corrected chi connectivity index (χ3v) is 3.30. The first-order chi connectivity index (χ1) is 8.78. The number of nitrogens with zero attached hydrogens (tertiary/aromatic N) is 1. The summed E-state index contributed by atoms with van der Waals surface area (Å²) in [5, 5.41) is 2.77. The molecule has 3 N–H and O–H groups in total. The molecule has 114 valence electrons. The summed E-state index contributed by atoms with van der Waals surface area (Å²) >= 11 is 0. The maximum absolute atomic E-state index is 11.0. The Bertz CT molecular complexity index is 392. The molecule has 0 unspecified atom stereocenters. The van der Waals surface area contributed by atoms with Crippen LogP contribution in [0.3, 0.4) is 0 Å². The van der Waals surface area contributed by atoms with Crippen molar-refractivity contribution in [3.63, 3.8) is 0 Å². The highest BCUT2D eigenvalue weighted by atomic mass is 35.5. The minimum atomic E-state index is -0.115. The van der Waals surface area contributed by atoms with E-state index in [4.69, 9.17) is 5.73 Å². The van der Waals surface area contributed by atoms with Crippen LogP contribution in [0, 0.1) is 0 Å². The van der Waals surface area contributed by atoms with E-state index >= 15 is 0 Å². The lowest BCUT2D eigenvalue weighted by Gasteiger charge is -2.14. The first kappa shape index (κ1) is 19.2. The van der Waals surface area contributed by atoms with Crippen LogP contribution in [0.25, 0.3) is 0 Å². The fourth-order valence-corrected chi connectivity index (χ4v) is 2.23. The number of benzene rings is 1. The maximum atomic E-state index is 11.0. The Morgan fingerprint density at radius 1 is 1.10 bits per heavy atom. The largest absolute Gasteiger partial charge is 0.351 e.